The number of thioether (sulfide) groups is 1. The van der Waals surface area contributed by atoms with Crippen molar-refractivity contribution in [2.24, 2.45) is 0 Å². The first-order chi connectivity index (χ1) is 5.33. The number of rotatable bonds is 3. The first-order valence-corrected chi connectivity index (χ1v) is 4.03. The maximum Gasteiger partial charge on any atom is 0.176 e. The van der Waals surface area contributed by atoms with Crippen molar-refractivity contribution >= 4 is 23.4 Å². The first-order valence-electron chi connectivity index (χ1n) is 2.67. The largest absolute Gasteiger partial charge is 0.385 e. The van der Waals surface area contributed by atoms with Crippen LogP contribution >= 0.6 is 23.4 Å². The summed E-state index contributed by atoms with van der Waals surface area (Å²) in [5.74, 6) is 0.245. The highest BCUT2D eigenvalue weighted by Crippen LogP contribution is 2.03. The smallest absolute Gasteiger partial charge is 0.176 e. The van der Waals surface area contributed by atoms with Crippen LogP contribution in [0.1, 0.15) is 0 Å². The molecular weight excluding hydrogens is 186 g/mol. The summed E-state index contributed by atoms with van der Waals surface area (Å²) in [6.45, 7) is 0. The zero-order valence-corrected chi connectivity index (χ0v) is 6.97. The van der Waals surface area contributed by atoms with Crippen LogP contribution in [0.15, 0.2) is 12.4 Å². The molecule has 0 fully saturated rings. The van der Waals surface area contributed by atoms with Crippen LogP contribution in [0.25, 0.3) is 0 Å². The highest BCUT2D eigenvalue weighted by Gasteiger charge is 1.93. The van der Waals surface area contributed by atoms with E-state index < -0.39 is 0 Å². The SMILES string of the molecule is N#CSCOn1cc(Cl)cn1. The van der Waals surface area contributed by atoms with Gasteiger partial charge in [0.2, 0.25) is 0 Å². The van der Waals surface area contributed by atoms with Crippen molar-refractivity contribution in [1.82, 2.24) is 9.94 Å². The minimum atomic E-state index is 0.245. The minimum absolute atomic E-state index is 0.245. The van der Waals surface area contributed by atoms with Gasteiger partial charge in [0.25, 0.3) is 0 Å². The molecule has 0 aliphatic rings. The van der Waals surface area contributed by atoms with Crippen molar-refractivity contribution in [3.8, 4) is 5.40 Å². The molecule has 1 aromatic rings. The molecule has 6 heteroatoms. The second-order valence-electron chi connectivity index (χ2n) is 1.54. The van der Waals surface area contributed by atoms with Crippen LogP contribution in [-0.4, -0.2) is 15.9 Å². The van der Waals surface area contributed by atoms with Crippen molar-refractivity contribution in [3.63, 3.8) is 0 Å². The van der Waals surface area contributed by atoms with E-state index in [-0.39, 0.29) is 5.94 Å². The van der Waals surface area contributed by atoms with E-state index in [1.54, 1.807) is 0 Å². The van der Waals surface area contributed by atoms with E-state index in [1.807, 2.05) is 5.40 Å². The van der Waals surface area contributed by atoms with Crippen molar-refractivity contribution in [1.29, 1.82) is 5.26 Å². The van der Waals surface area contributed by atoms with Gasteiger partial charge in [-0.2, -0.15) is 5.26 Å². The summed E-state index contributed by atoms with van der Waals surface area (Å²) in [5.41, 5.74) is 0. The standard InChI is InChI=1S/C5H4ClN3OS/c6-5-1-8-9(2-5)10-4-11-3-7/h1-2H,4H2. The second kappa shape index (κ2) is 4.11. The fraction of sp³-hybridized carbons (Fsp3) is 0.200. The Balaban J connectivity index is 2.34. The van der Waals surface area contributed by atoms with Crippen LogP contribution in [-0.2, 0) is 0 Å². The van der Waals surface area contributed by atoms with E-state index in [9.17, 15) is 0 Å². The molecule has 4 nitrogen and oxygen atoms in total. The number of hydrogen-bond donors (Lipinski definition) is 0. The summed E-state index contributed by atoms with van der Waals surface area (Å²) in [4.78, 5) is 6.14. The molecule has 0 bridgehead atoms. The highest BCUT2D eigenvalue weighted by molar-refractivity contribution is 8.03. The van der Waals surface area contributed by atoms with Gasteiger partial charge in [0, 0.05) is 0 Å². The molecule has 0 amide bonds. The molecule has 0 radical (unpaired) electrons. The Labute approximate surface area is 72.7 Å². The third-order valence-corrected chi connectivity index (χ3v) is 1.38. The number of nitriles is 1. The molecule has 0 aliphatic carbocycles. The molecule has 0 spiro atoms. The number of hydrogen-bond acceptors (Lipinski definition) is 4. The quantitative estimate of drug-likeness (QED) is 0.407. The molecule has 1 aromatic heterocycles. The lowest BCUT2D eigenvalue weighted by atomic mass is 10.8. The van der Waals surface area contributed by atoms with Crippen molar-refractivity contribution < 1.29 is 4.84 Å². The Bertz CT molecular complexity index is 269. The molecule has 0 aromatic carbocycles. The summed E-state index contributed by atoms with van der Waals surface area (Å²) in [6.07, 6.45) is 2.97. The number of thiocyanates is 1. The Morgan fingerprint density at radius 1 is 1.91 bits per heavy atom. The molecular formula is C5H4ClN3OS. The molecule has 0 N–H and O–H groups in total. The van der Waals surface area contributed by atoms with Crippen molar-refractivity contribution in [2.75, 3.05) is 5.94 Å². The lowest BCUT2D eigenvalue weighted by Crippen LogP contribution is -2.10. The van der Waals surface area contributed by atoms with Gasteiger partial charge in [-0.25, -0.2) is 0 Å². The molecule has 0 saturated heterocycles. The normalized spacial score (nSPS) is 9.09. The zero-order valence-electron chi connectivity index (χ0n) is 5.40. The summed E-state index contributed by atoms with van der Waals surface area (Å²) in [7, 11) is 0. The van der Waals surface area contributed by atoms with Crippen LogP contribution in [0, 0.1) is 10.7 Å². The highest BCUT2D eigenvalue weighted by atomic mass is 35.5. The minimum Gasteiger partial charge on any atom is -0.385 e. The number of nitrogens with zero attached hydrogens (tertiary/aromatic N) is 3. The summed E-state index contributed by atoms with van der Waals surface area (Å²) < 4.78 is 0. The Morgan fingerprint density at radius 2 is 2.73 bits per heavy atom. The van der Waals surface area contributed by atoms with E-state index in [2.05, 4.69) is 5.10 Å². The molecule has 0 aliphatic heterocycles. The van der Waals surface area contributed by atoms with E-state index in [0.29, 0.717) is 5.02 Å². The molecule has 0 atom stereocenters. The number of halogens is 1. The zero-order chi connectivity index (χ0) is 8.10. The van der Waals surface area contributed by atoms with Crippen molar-refractivity contribution in [2.45, 2.75) is 0 Å². The fourth-order valence-corrected chi connectivity index (χ4v) is 0.802. The first kappa shape index (κ1) is 8.24. The molecule has 1 heterocycles. The van der Waals surface area contributed by atoms with Crippen LogP contribution in [0.4, 0.5) is 0 Å². The molecule has 11 heavy (non-hydrogen) atoms. The third-order valence-electron chi connectivity index (χ3n) is 0.837. The molecule has 0 saturated carbocycles. The molecule has 58 valence electrons. The van der Waals surface area contributed by atoms with Gasteiger partial charge in [-0.15, -0.1) is 9.94 Å². The summed E-state index contributed by atoms with van der Waals surface area (Å²) >= 11 is 6.53. The van der Waals surface area contributed by atoms with E-state index >= 15 is 0 Å². The predicted molar refractivity (Wildman–Crippen MR) is 41.9 cm³/mol. The summed E-state index contributed by atoms with van der Waals surface area (Å²) in [5, 5.41) is 14.2. The van der Waals surface area contributed by atoms with Crippen LogP contribution in [0.3, 0.4) is 0 Å². The topological polar surface area (TPSA) is 50.8 Å². The molecule has 0 unspecified atom stereocenters. The predicted octanol–water partition coefficient (Wildman–Crippen LogP) is 1.14. The summed E-state index contributed by atoms with van der Waals surface area (Å²) in [6, 6.07) is 0. The van der Waals surface area contributed by atoms with E-state index in [0.717, 1.165) is 11.8 Å². The monoisotopic (exact) mass is 189 g/mol. The lowest BCUT2D eigenvalue weighted by molar-refractivity contribution is 0.121. The van der Waals surface area contributed by atoms with Gasteiger partial charge < -0.3 is 4.84 Å². The Morgan fingerprint density at radius 3 is 3.27 bits per heavy atom. The second-order valence-corrected chi connectivity index (χ2v) is 2.69. The Kier molecular flexibility index (Phi) is 3.08. The van der Waals surface area contributed by atoms with Gasteiger partial charge in [0.1, 0.15) is 5.40 Å². The molecule has 1 rings (SSSR count). The van der Waals surface area contributed by atoms with Gasteiger partial charge in [0.15, 0.2) is 5.94 Å². The van der Waals surface area contributed by atoms with E-state index in [4.69, 9.17) is 21.7 Å². The Hall–Kier alpha value is -0.860. The third kappa shape index (κ3) is 2.70. The average Bonchev–Trinajstić information content (AvgIpc) is 2.37. The van der Waals surface area contributed by atoms with Crippen LogP contribution < -0.4 is 4.84 Å². The van der Waals surface area contributed by atoms with Gasteiger partial charge >= 0.3 is 0 Å². The fourth-order valence-electron chi connectivity index (χ4n) is 0.462. The lowest BCUT2D eigenvalue weighted by Gasteiger charge is -1.98. The van der Waals surface area contributed by atoms with Gasteiger partial charge in [-0.3, -0.25) is 0 Å². The van der Waals surface area contributed by atoms with Gasteiger partial charge in [0.05, 0.1) is 17.4 Å². The average molecular weight is 190 g/mol. The maximum absolute atomic E-state index is 8.13. The van der Waals surface area contributed by atoms with Crippen LogP contribution in [0.5, 0.6) is 0 Å². The number of aromatic nitrogens is 2. The van der Waals surface area contributed by atoms with Gasteiger partial charge in [-0.05, 0) is 11.8 Å². The van der Waals surface area contributed by atoms with E-state index in [1.165, 1.54) is 17.2 Å². The van der Waals surface area contributed by atoms with Crippen LogP contribution in [0.2, 0.25) is 5.02 Å². The van der Waals surface area contributed by atoms with Gasteiger partial charge in [-0.1, -0.05) is 11.6 Å². The maximum atomic E-state index is 8.13. The van der Waals surface area contributed by atoms with Crippen molar-refractivity contribution in [3.05, 3.63) is 17.4 Å².